The molecule has 0 unspecified atom stereocenters. The lowest BCUT2D eigenvalue weighted by Crippen LogP contribution is -2.15. The van der Waals surface area contributed by atoms with E-state index in [9.17, 15) is 18.0 Å². The largest absolute Gasteiger partial charge is 0.481 e. The molecule has 4 nitrogen and oxygen atoms in total. The zero-order valence-corrected chi connectivity index (χ0v) is 12.4. The Morgan fingerprint density at radius 2 is 1.91 bits per heavy atom. The van der Waals surface area contributed by atoms with Gasteiger partial charge in [0.25, 0.3) is 0 Å². The fraction of sp³-hybridized carbons (Fsp3) is 0.154. The predicted octanol–water partition coefficient (Wildman–Crippen LogP) is 4.04. The molecular weight excluding hydrogens is 344 g/mol. The van der Waals surface area contributed by atoms with Crippen LogP contribution in [0.2, 0.25) is 10.0 Å². The van der Waals surface area contributed by atoms with E-state index in [-0.39, 0.29) is 21.5 Å². The molecule has 0 saturated carbocycles. The molecule has 0 radical (unpaired) electrons. The average molecular weight is 351 g/mol. The minimum Gasteiger partial charge on any atom is -0.481 e. The van der Waals surface area contributed by atoms with Gasteiger partial charge in [-0.25, -0.2) is 4.98 Å². The van der Waals surface area contributed by atoms with Crippen LogP contribution in [0.4, 0.5) is 13.2 Å². The van der Waals surface area contributed by atoms with Crippen LogP contribution in [-0.4, -0.2) is 22.9 Å². The molecule has 1 aromatic heterocycles. The minimum absolute atomic E-state index is 0.0888. The molecule has 1 heterocycles. The monoisotopic (exact) mass is 350 g/mol. The fourth-order valence-electron chi connectivity index (χ4n) is 1.58. The molecule has 0 N–H and O–H groups in total. The molecular formula is C13H7Cl2F3N2O2. The number of carbonyl (C=O) groups is 1. The smallest absolute Gasteiger partial charge is 0.433 e. The molecule has 9 heteroatoms. The van der Waals surface area contributed by atoms with E-state index in [2.05, 4.69) is 14.7 Å². The Balaban J connectivity index is 2.56. The van der Waals surface area contributed by atoms with Crippen molar-refractivity contribution in [1.82, 2.24) is 9.97 Å². The first kappa shape index (κ1) is 16.5. The topological polar surface area (TPSA) is 52.1 Å². The Morgan fingerprint density at radius 1 is 1.23 bits per heavy atom. The molecule has 2 aromatic rings. The molecule has 0 atom stereocenters. The van der Waals surface area contributed by atoms with Crippen LogP contribution in [0.1, 0.15) is 21.9 Å². The summed E-state index contributed by atoms with van der Waals surface area (Å²) in [7, 11) is 1.13. The van der Waals surface area contributed by atoms with E-state index in [4.69, 9.17) is 23.2 Å². The highest BCUT2D eigenvalue weighted by atomic mass is 35.5. The Bertz CT molecular complexity index is 736. The fourth-order valence-corrected chi connectivity index (χ4v) is 1.96. The van der Waals surface area contributed by atoms with E-state index >= 15 is 0 Å². The van der Waals surface area contributed by atoms with Crippen LogP contribution in [-0.2, 0) is 6.18 Å². The number of hydrogen-bond acceptors (Lipinski definition) is 4. The summed E-state index contributed by atoms with van der Waals surface area (Å²) < 4.78 is 43.0. The second-order valence-electron chi connectivity index (χ2n) is 4.05. The maximum atomic E-state index is 12.8. The molecule has 22 heavy (non-hydrogen) atoms. The van der Waals surface area contributed by atoms with Gasteiger partial charge in [-0.2, -0.15) is 18.2 Å². The Hall–Kier alpha value is -1.86. The molecule has 0 spiro atoms. The maximum absolute atomic E-state index is 12.8. The van der Waals surface area contributed by atoms with Gasteiger partial charge >= 0.3 is 6.18 Å². The lowest BCUT2D eigenvalue weighted by molar-refractivity contribution is -0.141. The number of alkyl halides is 3. The summed E-state index contributed by atoms with van der Waals surface area (Å²) in [5.74, 6) is -1.96. The number of aromatic nitrogens is 2. The lowest BCUT2D eigenvalue weighted by Gasteiger charge is -2.10. The van der Waals surface area contributed by atoms with Crippen LogP contribution in [0, 0.1) is 0 Å². The SMILES string of the molecule is COc1cc(C(F)(F)F)nc(C(=O)c2cccc(Cl)c2Cl)n1. The number of benzene rings is 1. The van der Waals surface area contributed by atoms with Gasteiger partial charge in [0, 0.05) is 11.6 Å². The van der Waals surface area contributed by atoms with Crippen molar-refractivity contribution in [3.63, 3.8) is 0 Å². The van der Waals surface area contributed by atoms with Gasteiger partial charge in [0.05, 0.1) is 17.2 Å². The number of rotatable bonds is 3. The molecule has 0 amide bonds. The number of nitrogens with zero attached hydrogens (tertiary/aromatic N) is 2. The van der Waals surface area contributed by atoms with E-state index in [1.54, 1.807) is 0 Å². The second kappa shape index (κ2) is 6.10. The summed E-state index contributed by atoms with van der Waals surface area (Å²) in [6, 6.07) is 4.78. The number of carbonyl (C=O) groups excluding carboxylic acids is 1. The van der Waals surface area contributed by atoms with Crippen molar-refractivity contribution in [2.45, 2.75) is 6.18 Å². The molecule has 0 aliphatic rings. The Kier molecular flexibility index (Phi) is 4.58. The minimum atomic E-state index is -4.75. The Morgan fingerprint density at radius 3 is 2.50 bits per heavy atom. The van der Waals surface area contributed by atoms with Crippen molar-refractivity contribution in [1.29, 1.82) is 0 Å². The van der Waals surface area contributed by atoms with Gasteiger partial charge in [0.2, 0.25) is 17.5 Å². The van der Waals surface area contributed by atoms with Crippen molar-refractivity contribution in [2.24, 2.45) is 0 Å². The number of halogens is 5. The third-order valence-corrected chi connectivity index (χ3v) is 3.42. The van der Waals surface area contributed by atoms with Crippen LogP contribution in [0.15, 0.2) is 24.3 Å². The first-order valence-electron chi connectivity index (χ1n) is 5.73. The number of hydrogen-bond donors (Lipinski definition) is 0. The van der Waals surface area contributed by atoms with Gasteiger partial charge in [-0.3, -0.25) is 4.79 Å². The molecule has 0 aliphatic carbocycles. The van der Waals surface area contributed by atoms with Gasteiger partial charge in [-0.15, -0.1) is 0 Å². The maximum Gasteiger partial charge on any atom is 0.433 e. The molecule has 1 aromatic carbocycles. The second-order valence-corrected chi connectivity index (χ2v) is 4.83. The first-order chi connectivity index (χ1) is 10.2. The third-order valence-electron chi connectivity index (χ3n) is 2.60. The number of ether oxygens (including phenoxy) is 1. The molecule has 0 aliphatic heterocycles. The van der Waals surface area contributed by atoms with Crippen LogP contribution in [0.25, 0.3) is 0 Å². The van der Waals surface area contributed by atoms with E-state index in [0.29, 0.717) is 6.07 Å². The molecule has 0 fully saturated rings. The van der Waals surface area contributed by atoms with Crippen molar-refractivity contribution in [2.75, 3.05) is 7.11 Å². The lowest BCUT2D eigenvalue weighted by atomic mass is 10.1. The predicted molar refractivity (Wildman–Crippen MR) is 73.5 cm³/mol. The van der Waals surface area contributed by atoms with E-state index in [0.717, 1.165) is 7.11 Å². The van der Waals surface area contributed by atoms with E-state index < -0.39 is 23.5 Å². The highest BCUT2D eigenvalue weighted by Crippen LogP contribution is 2.31. The zero-order valence-electron chi connectivity index (χ0n) is 10.9. The average Bonchev–Trinajstić information content (AvgIpc) is 2.48. The molecule has 0 saturated heterocycles. The third kappa shape index (κ3) is 3.31. The standard InChI is InChI=1S/C13H7Cl2F3N2O2/c1-22-9-5-8(13(16,17)18)19-12(20-9)11(21)6-3-2-4-7(14)10(6)15/h2-5H,1H3. The summed E-state index contributed by atoms with van der Waals surface area (Å²) in [5.41, 5.74) is -1.39. The Labute approximate surface area is 132 Å². The molecule has 2 rings (SSSR count). The van der Waals surface area contributed by atoms with Crippen LogP contribution in [0.3, 0.4) is 0 Å². The summed E-state index contributed by atoms with van der Waals surface area (Å²) in [6.07, 6.45) is -4.75. The summed E-state index contributed by atoms with van der Waals surface area (Å²) in [4.78, 5) is 19.1. The quantitative estimate of drug-likeness (QED) is 0.784. The van der Waals surface area contributed by atoms with Crippen molar-refractivity contribution < 1.29 is 22.7 Å². The highest BCUT2D eigenvalue weighted by Gasteiger charge is 2.35. The van der Waals surface area contributed by atoms with Crippen molar-refractivity contribution >= 4 is 29.0 Å². The van der Waals surface area contributed by atoms with Gasteiger partial charge in [0.1, 0.15) is 0 Å². The first-order valence-corrected chi connectivity index (χ1v) is 6.48. The summed E-state index contributed by atoms with van der Waals surface area (Å²) >= 11 is 11.7. The normalized spacial score (nSPS) is 11.4. The van der Waals surface area contributed by atoms with Gasteiger partial charge < -0.3 is 4.74 Å². The van der Waals surface area contributed by atoms with E-state index in [1.807, 2.05) is 0 Å². The van der Waals surface area contributed by atoms with Gasteiger partial charge in [0.15, 0.2) is 5.69 Å². The van der Waals surface area contributed by atoms with Gasteiger partial charge in [-0.05, 0) is 12.1 Å². The van der Waals surface area contributed by atoms with Gasteiger partial charge in [-0.1, -0.05) is 29.3 Å². The van der Waals surface area contributed by atoms with Crippen molar-refractivity contribution in [3.8, 4) is 5.88 Å². The number of ketones is 1. The molecule has 0 bridgehead atoms. The highest BCUT2D eigenvalue weighted by molar-refractivity contribution is 6.44. The summed E-state index contributed by atoms with van der Waals surface area (Å²) in [5, 5.41) is 0.000558. The number of methoxy groups -OCH3 is 1. The van der Waals surface area contributed by atoms with Crippen LogP contribution < -0.4 is 4.74 Å². The van der Waals surface area contributed by atoms with Crippen molar-refractivity contribution in [3.05, 3.63) is 51.4 Å². The van der Waals surface area contributed by atoms with E-state index in [1.165, 1.54) is 18.2 Å². The zero-order chi connectivity index (χ0) is 16.5. The van der Waals surface area contributed by atoms with Crippen LogP contribution in [0.5, 0.6) is 5.88 Å². The van der Waals surface area contributed by atoms with Crippen LogP contribution >= 0.6 is 23.2 Å². The molecule has 116 valence electrons. The summed E-state index contributed by atoms with van der Waals surface area (Å²) in [6.45, 7) is 0.